The van der Waals surface area contributed by atoms with E-state index in [-0.39, 0.29) is 18.8 Å². The fraction of sp³-hybridized carbons (Fsp3) is 0.500. The fourth-order valence-corrected chi connectivity index (χ4v) is 1.13. The highest BCUT2D eigenvalue weighted by molar-refractivity contribution is 5.92. The van der Waals surface area contributed by atoms with Gasteiger partial charge in [0.15, 0.2) is 17.6 Å². The second-order valence-corrected chi connectivity index (χ2v) is 3.36. The zero-order chi connectivity index (χ0) is 13.5. The highest BCUT2D eigenvalue weighted by Gasteiger charge is 2.18. The number of hydrogen-bond donors (Lipinski definition) is 2. The van der Waals surface area contributed by atoms with Crippen molar-refractivity contribution in [3.63, 3.8) is 0 Å². The van der Waals surface area contributed by atoms with Crippen LogP contribution in [0.1, 0.15) is 16.2 Å². The summed E-state index contributed by atoms with van der Waals surface area (Å²) in [6, 6.07) is 1.41. The fourth-order valence-electron chi connectivity index (χ4n) is 1.13. The van der Waals surface area contributed by atoms with E-state index in [2.05, 4.69) is 15.2 Å². The second kappa shape index (κ2) is 6.72. The number of nitrogens with one attached hydrogen (secondary N) is 1. The van der Waals surface area contributed by atoms with E-state index in [4.69, 9.17) is 9.26 Å². The van der Waals surface area contributed by atoms with E-state index in [1.807, 2.05) is 0 Å². The molecule has 100 valence electrons. The summed E-state index contributed by atoms with van der Waals surface area (Å²) < 4.78 is 13.9. The van der Waals surface area contributed by atoms with Crippen molar-refractivity contribution in [2.45, 2.75) is 12.7 Å². The molecule has 0 spiro atoms. The molecule has 2 N–H and O–H groups in total. The number of aliphatic hydroxyl groups excluding tert-OH is 1. The number of hydrogen-bond acceptors (Lipinski definition) is 7. The Hall–Kier alpha value is -1.93. The summed E-state index contributed by atoms with van der Waals surface area (Å²) in [5, 5.41) is 15.1. The van der Waals surface area contributed by atoms with Gasteiger partial charge in [0.2, 0.25) is 0 Å². The number of aliphatic hydroxyl groups is 1. The maximum absolute atomic E-state index is 11.5. The van der Waals surface area contributed by atoms with Gasteiger partial charge in [-0.15, -0.1) is 0 Å². The van der Waals surface area contributed by atoms with Crippen LogP contribution >= 0.6 is 0 Å². The van der Waals surface area contributed by atoms with Gasteiger partial charge in [0.1, 0.15) is 6.61 Å². The van der Waals surface area contributed by atoms with Gasteiger partial charge in [0.05, 0.1) is 13.7 Å². The molecule has 0 saturated carbocycles. The van der Waals surface area contributed by atoms with Crippen molar-refractivity contribution in [2.75, 3.05) is 20.8 Å². The van der Waals surface area contributed by atoms with Gasteiger partial charge in [-0.25, -0.2) is 4.79 Å². The van der Waals surface area contributed by atoms with Gasteiger partial charge in [-0.2, -0.15) is 0 Å². The molecule has 1 rings (SSSR count). The normalized spacial score (nSPS) is 11.9. The van der Waals surface area contributed by atoms with Crippen molar-refractivity contribution in [2.24, 2.45) is 0 Å². The minimum atomic E-state index is -1.41. The van der Waals surface area contributed by atoms with Gasteiger partial charge < -0.3 is 24.4 Å². The van der Waals surface area contributed by atoms with Crippen molar-refractivity contribution in [1.29, 1.82) is 0 Å². The molecular formula is C10H14N2O6. The van der Waals surface area contributed by atoms with Gasteiger partial charge in [0.25, 0.3) is 5.91 Å². The van der Waals surface area contributed by atoms with Crippen molar-refractivity contribution in [3.05, 3.63) is 17.5 Å². The topological polar surface area (TPSA) is 111 Å². The Labute approximate surface area is 103 Å². The Morgan fingerprint density at radius 3 is 2.89 bits per heavy atom. The number of carbonyl (C=O) groups is 2. The van der Waals surface area contributed by atoms with Crippen molar-refractivity contribution in [3.8, 4) is 0 Å². The number of esters is 1. The van der Waals surface area contributed by atoms with E-state index < -0.39 is 18.0 Å². The first-order valence-electron chi connectivity index (χ1n) is 5.07. The molecule has 1 atom stereocenters. The Bertz CT molecular complexity index is 416. The number of nitrogens with zero attached hydrogens (tertiary/aromatic N) is 1. The smallest absolute Gasteiger partial charge is 0.336 e. The van der Waals surface area contributed by atoms with Gasteiger partial charge in [-0.05, 0) is 0 Å². The van der Waals surface area contributed by atoms with Gasteiger partial charge in [-0.3, -0.25) is 4.79 Å². The number of aromatic nitrogens is 1. The summed E-state index contributed by atoms with van der Waals surface area (Å²) >= 11 is 0. The minimum Gasteiger partial charge on any atom is -0.467 e. The molecule has 0 aliphatic rings. The zero-order valence-corrected chi connectivity index (χ0v) is 10.0. The first-order chi connectivity index (χ1) is 8.58. The van der Waals surface area contributed by atoms with Crippen molar-refractivity contribution < 1.29 is 28.7 Å². The maximum Gasteiger partial charge on any atom is 0.336 e. The Balaban J connectivity index is 2.47. The number of carbonyl (C=O) groups excluding carboxylic acids is 2. The van der Waals surface area contributed by atoms with E-state index in [1.165, 1.54) is 13.2 Å². The lowest BCUT2D eigenvalue weighted by atomic mass is 10.3. The third kappa shape index (κ3) is 3.82. The third-order valence-corrected chi connectivity index (χ3v) is 2.01. The van der Waals surface area contributed by atoms with Crippen LogP contribution < -0.4 is 5.32 Å². The number of methoxy groups -OCH3 is 2. The van der Waals surface area contributed by atoms with Crippen LogP contribution in [0.25, 0.3) is 0 Å². The molecular weight excluding hydrogens is 244 g/mol. The SMILES string of the molecule is COCc1cc(C(=O)NCC(O)C(=O)OC)no1. The van der Waals surface area contributed by atoms with Crippen LogP contribution in [-0.2, 0) is 20.9 Å². The first-order valence-corrected chi connectivity index (χ1v) is 5.07. The molecule has 1 aromatic heterocycles. The van der Waals surface area contributed by atoms with Gasteiger partial charge in [0, 0.05) is 13.2 Å². The van der Waals surface area contributed by atoms with Crippen LogP contribution in [0.15, 0.2) is 10.6 Å². The minimum absolute atomic E-state index is 0.0408. The molecule has 0 saturated heterocycles. The monoisotopic (exact) mass is 258 g/mol. The molecule has 0 radical (unpaired) electrons. The predicted molar refractivity (Wildman–Crippen MR) is 57.6 cm³/mol. The maximum atomic E-state index is 11.5. The first kappa shape index (κ1) is 14.1. The summed E-state index contributed by atoms with van der Waals surface area (Å²) in [6.45, 7) is -0.0664. The molecule has 0 bridgehead atoms. The van der Waals surface area contributed by atoms with Crippen LogP contribution in [0.3, 0.4) is 0 Å². The van der Waals surface area contributed by atoms with E-state index in [0.717, 1.165) is 7.11 Å². The molecule has 1 aromatic rings. The summed E-state index contributed by atoms with van der Waals surface area (Å²) in [5.41, 5.74) is 0.0408. The molecule has 1 amide bonds. The van der Waals surface area contributed by atoms with E-state index in [9.17, 15) is 14.7 Å². The molecule has 1 heterocycles. The Kier molecular flexibility index (Phi) is 5.28. The molecule has 0 fully saturated rings. The van der Waals surface area contributed by atoms with Crippen LogP contribution in [0.5, 0.6) is 0 Å². The molecule has 0 aliphatic heterocycles. The number of rotatable bonds is 6. The lowest BCUT2D eigenvalue weighted by Crippen LogP contribution is -2.37. The molecule has 18 heavy (non-hydrogen) atoms. The van der Waals surface area contributed by atoms with Crippen molar-refractivity contribution in [1.82, 2.24) is 10.5 Å². The summed E-state index contributed by atoms with van der Waals surface area (Å²) in [4.78, 5) is 22.4. The molecule has 8 nitrogen and oxygen atoms in total. The molecule has 8 heteroatoms. The van der Waals surface area contributed by atoms with Crippen LogP contribution in [0.2, 0.25) is 0 Å². The van der Waals surface area contributed by atoms with E-state index in [1.54, 1.807) is 0 Å². The second-order valence-electron chi connectivity index (χ2n) is 3.36. The van der Waals surface area contributed by atoms with Crippen LogP contribution in [0, 0.1) is 0 Å². The predicted octanol–water partition coefficient (Wildman–Crippen LogP) is -0.915. The lowest BCUT2D eigenvalue weighted by Gasteiger charge is -2.08. The highest BCUT2D eigenvalue weighted by Crippen LogP contribution is 2.04. The average Bonchev–Trinajstić information content (AvgIpc) is 2.83. The van der Waals surface area contributed by atoms with Crippen molar-refractivity contribution >= 4 is 11.9 Å². The average molecular weight is 258 g/mol. The number of ether oxygens (including phenoxy) is 2. The molecule has 0 aromatic carbocycles. The van der Waals surface area contributed by atoms with Crippen LogP contribution in [-0.4, -0.2) is 49.0 Å². The quantitative estimate of drug-likeness (QED) is 0.635. The Morgan fingerprint density at radius 2 is 2.28 bits per heavy atom. The summed E-state index contributed by atoms with van der Waals surface area (Å²) in [6.07, 6.45) is -1.41. The zero-order valence-electron chi connectivity index (χ0n) is 10.0. The molecule has 1 unspecified atom stereocenters. The van der Waals surface area contributed by atoms with Crippen LogP contribution in [0.4, 0.5) is 0 Å². The van der Waals surface area contributed by atoms with Gasteiger partial charge in [-0.1, -0.05) is 5.16 Å². The van der Waals surface area contributed by atoms with E-state index in [0.29, 0.717) is 5.76 Å². The lowest BCUT2D eigenvalue weighted by molar-refractivity contribution is -0.149. The standard InChI is InChI=1S/C10H14N2O6/c1-16-5-6-3-7(12-18-6)9(14)11-4-8(13)10(15)17-2/h3,8,13H,4-5H2,1-2H3,(H,11,14). The summed E-state index contributed by atoms with van der Waals surface area (Å²) in [5.74, 6) is -0.990. The Morgan fingerprint density at radius 1 is 1.56 bits per heavy atom. The van der Waals surface area contributed by atoms with Gasteiger partial charge >= 0.3 is 5.97 Å². The third-order valence-electron chi connectivity index (χ3n) is 2.01. The highest BCUT2D eigenvalue weighted by atomic mass is 16.5. The number of amides is 1. The van der Waals surface area contributed by atoms with E-state index >= 15 is 0 Å². The summed E-state index contributed by atoms with van der Waals surface area (Å²) in [7, 11) is 2.62. The largest absolute Gasteiger partial charge is 0.467 e. The molecule has 0 aliphatic carbocycles.